The van der Waals surface area contributed by atoms with Crippen molar-refractivity contribution in [1.29, 1.82) is 0 Å². The minimum absolute atomic E-state index is 0.643. The number of hydrogen-bond donors (Lipinski definition) is 0. The Kier molecular flexibility index (Phi) is 14.8. The van der Waals surface area contributed by atoms with E-state index in [1.165, 1.54) is 17.7 Å². The molecule has 2 aromatic carbocycles. The molecule has 158 valence electrons. The molecule has 0 N–H and O–H groups in total. The highest BCUT2D eigenvalue weighted by Crippen LogP contribution is 2.32. The highest BCUT2D eigenvalue weighted by atomic mass is 19.4. The number of allylic oxidation sites excluding steroid dienone is 2. The van der Waals surface area contributed by atoms with Crippen molar-refractivity contribution in [3.8, 4) is 16.9 Å². The number of benzene rings is 2. The number of ether oxygens (including phenoxy) is 1. The van der Waals surface area contributed by atoms with Gasteiger partial charge < -0.3 is 4.74 Å². The van der Waals surface area contributed by atoms with Gasteiger partial charge in [0.05, 0.1) is 12.7 Å². The van der Waals surface area contributed by atoms with Crippen LogP contribution in [0.15, 0.2) is 54.1 Å². The zero-order valence-electron chi connectivity index (χ0n) is 18.7. The molecule has 0 heterocycles. The molecule has 0 unspecified atom stereocenters. The lowest BCUT2D eigenvalue weighted by atomic mass is 10.0. The minimum Gasteiger partial charge on any atom is -0.497 e. The molecule has 0 aliphatic carbocycles. The third-order valence-electron chi connectivity index (χ3n) is 3.41. The van der Waals surface area contributed by atoms with Gasteiger partial charge in [-0.2, -0.15) is 13.2 Å². The molecule has 0 bridgehead atoms. The van der Waals surface area contributed by atoms with Crippen molar-refractivity contribution in [2.75, 3.05) is 7.11 Å². The average molecular weight is 397 g/mol. The van der Waals surface area contributed by atoms with E-state index in [1.54, 1.807) is 13.2 Å². The third kappa shape index (κ3) is 10.8. The Balaban J connectivity index is 0. The first-order valence-corrected chi connectivity index (χ1v) is 9.60. The second-order valence-electron chi connectivity index (χ2n) is 5.68. The summed E-state index contributed by atoms with van der Waals surface area (Å²) in [5, 5.41) is 0. The van der Waals surface area contributed by atoms with E-state index < -0.39 is 11.7 Å². The molecule has 0 aromatic heterocycles. The molecule has 0 atom stereocenters. The van der Waals surface area contributed by atoms with Gasteiger partial charge in [-0.15, -0.1) is 0 Å². The standard InChI is InChI=1S/C15H13F3O.C5H10.2C2H6/c1-10-7-12(9-14(8-10)19-2)11-3-5-13(6-4-11)15(16,17)18;1-4-5(2)3;2*1-2/h3-9H,1-2H3;4H,1-3H3;2*1-2H3. The summed E-state index contributed by atoms with van der Waals surface area (Å²) in [6, 6.07) is 10.7. The molecule has 0 aliphatic heterocycles. The van der Waals surface area contributed by atoms with Crippen molar-refractivity contribution in [3.05, 3.63) is 65.2 Å². The Morgan fingerprint density at radius 2 is 1.32 bits per heavy atom. The van der Waals surface area contributed by atoms with Crippen LogP contribution >= 0.6 is 0 Å². The number of aryl methyl sites for hydroxylation is 1. The van der Waals surface area contributed by atoms with Crippen LogP contribution in [0.3, 0.4) is 0 Å². The van der Waals surface area contributed by atoms with Crippen molar-refractivity contribution in [2.24, 2.45) is 0 Å². The van der Waals surface area contributed by atoms with Gasteiger partial charge in [-0.3, -0.25) is 0 Å². The van der Waals surface area contributed by atoms with Crippen molar-refractivity contribution in [1.82, 2.24) is 0 Å². The average Bonchev–Trinajstić information content (AvgIpc) is 2.70. The van der Waals surface area contributed by atoms with Gasteiger partial charge in [0.2, 0.25) is 0 Å². The first kappa shape index (κ1) is 28.0. The molecule has 4 heteroatoms. The largest absolute Gasteiger partial charge is 0.497 e. The lowest BCUT2D eigenvalue weighted by Crippen LogP contribution is -2.03. The summed E-state index contributed by atoms with van der Waals surface area (Å²) in [5.74, 6) is 0.690. The first-order chi connectivity index (χ1) is 13.2. The summed E-state index contributed by atoms with van der Waals surface area (Å²) < 4.78 is 42.6. The van der Waals surface area contributed by atoms with E-state index in [9.17, 15) is 13.2 Å². The van der Waals surface area contributed by atoms with E-state index in [4.69, 9.17) is 4.74 Å². The summed E-state index contributed by atoms with van der Waals surface area (Å²) >= 11 is 0. The summed E-state index contributed by atoms with van der Waals surface area (Å²) in [6.07, 6.45) is -2.22. The maximum Gasteiger partial charge on any atom is 0.416 e. The van der Waals surface area contributed by atoms with E-state index in [0.717, 1.165) is 28.8 Å². The second kappa shape index (κ2) is 14.8. The molecule has 0 spiro atoms. The van der Waals surface area contributed by atoms with Gasteiger partial charge in [0.1, 0.15) is 5.75 Å². The summed E-state index contributed by atoms with van der Waals surface area (Å²) in [4.78, 5) is 0. The Morgan fingerprint density at radius 1 is 0.857 bits per heavy atom. The number of alkyl halides is 3. The number of hydrogen-bond acceptors (Lipinski definition) is 1. The van der Waals surface area contributed by atoms with Crippen LogP contribution in [-0.4, -0.2) is 7.11 Å². The molecule has 0 saturated heterocycles. The highest BCUT2D eigenvalue weighted by molar-refractivity contribution is 5.66. The molecule has 0 fully saturated rings. The smallest absolute Gasteiger partial charge is 0.416 e. The Bertz CT molecular complexity index is 680. The molecule has 2 aromatic rings. The van der Waals surface area contributed by atoms with Gasteiger partial charge in [-0.1, -0.05) is 57.5 Å². The van der Waals surface area contributed by atoms with Crippen molar-refractivity contribution in [2.45, 2.75) is 61.6 Å². The van der Waals surface area contributed by atoms with Gasteiger partial charge in [0.15, 0.2) is 0 Å². The predicted octanol–water partition coefficient (Wildman–Crippen LogP) is 8.71. The van der Waals surface area contributed by atoms with Crippen LogP contribution in [0.2, 0.25) is 0 Å². The van der Waals surface area contributed by atoms with Crippen LogP contribution in [0.5, 0.6) is 5.75 Å². The molecular formula is C24H35F3O. The van der Waals surface area contributed by atoms with Crippen LogP contribution in [0, 0.1) is 6.92 Å². The zero-order valence-corrected chi connectivity index (χ0v) is 18.7. The van der Waals surface area contributed by atoms with Crippen LogP contribution < -0.4 is 4.74 Å². The van der Waals surface area contributed by atoms with Crippen LogP contribution in [0.25, 0.3) is 11.1 Å². The van der Waals surface area contributed by atoms with Crippen LogP contribution in [-0.2, 0) is 6.18 Å². The molecule has 1 nitrogen and oxygen atoms in total. The molecule has 0 aliphatic rings. The van der Waals surface area contributed by atoms with Gasteiger partial charge in [0.25, 0.3) is 0 Å². The number of halogens is 3. The quantitative estimate of drug-likeness (QED) is 0.461. The van der Waals surface area contributed by atoms with Crippen molar-refractivity contribution < 1.29 is 17.9 Å². The van der Waals surface area contributed by atoms with Gasteiger partial charge in [0, 0.05) is 0 Å². The van der Waals surface area contributed by atoms with Gasteiger partial charge in [-0.25, -0.2) is 0 Å². The number of rotatable bonds is 2. The summed E-state index contributed by atoms with van der Waals surface area (Å²) in [6.45, 7) is 16.1. The van der Waals surface area contributed by atoms with E-state index in [2.05, 4.69) is 19.9 Å². The topological polar surface area (TPSA) is 9.23 Å². The fourth-order valence-electron chi connectivity index (χ4n) is 1.88. The molecule has 28 heavy (non-hydrogen) atoms. The van der Waals surface area contributed by atoms with E-state index in [-0.39, 0.29) is 0 Å². The van der Waals surface area contributed by atoms with E-state index in [0.29, 0.717) is 5.75 Å². The molecule has 0 radical (unpaired) electrons. The highest BCUT2D eigenvalue weighted by Gasteiger charge is 2.29. The van der Waals surface area contributed by atoms with E-state index in [1.807, 2.05) is 53.7 Å². The minimum atomic E-state index is -4.30. The second-order valence-corrected chi connectivity index (χ2v) is 5.68. The summed E-state index contributed by atoms with van der Waals surface area (Å²) in [7, 11) is 1.56. The monoisotopic (exact) mass is 396 g/mol. The summed E-state index contributed by atoms with van der Waals surface area (Å²) in [5.41, 5.74) is 3.30. The van der Waals surface area contributed by atoms with Gasteiger partial charge >= 0.3 is 6.18 Å². The van der Waals surface area contributed by atoms with Crippen LogP contribution in [0.1, 0.15) is 59.6 Å². The van der Waals surface area contributed by atoms with Gasteiger partial charge in [-0.05, 0) is 68.7 Å². The lowest BCUT2D eigenvalue weighted by molar-refractivity contribution is -0.137. The third-order valence-corrected chi connectivity index (χ3v) is 3.41. The SMILES string of the molecule is CC.CC.CC=C(C)C.COc1cc(C)cc(-c2ccc(C(F)(F)F)cc2)c1. The zero-order chi connectivity index (χ0) is 22.3. The Hall–Kier alpha value is -2.23. The normalized spacial score (nSPS) is 9.43. The maximum atomic E-state index is 12.5. The predicted molar refractivity (Wildman–Crippen MR) is 116 cm³/mol. The molecule has 0 amide bonds. The van der Waals surface area contributed by atoms with Crippen molar-refractivity contribution >= 4 is 0 Å². The van der Waals surface area contributed by atoms with Crippen molar-refractivity contribution in [3.63, 3.8) is 0 Å². The Labute approximate surface area is 169 Å². The maximum absolute atomic E-state index is 12.5. The molecule has 2 rings (SSSR count). The fourth-order valence-corrected chi connectivity index (χ4v) is 1.88. The fraction of sp³-hybridized carbons (Fsp3) is 0.417. The molecular weight excluding hydrogens is 361 g/mol. The first-order valence-electron chi connectivity index (χ1n) is 9.60. The number of methoxy groups -OCH3 is 1. The Morgan fingerprint density at radius 3 is 1.68 bits per heavy atom. The molecule has 0 saturated carbocycles. The lowest BCUT2D eigenvalue weighted by Gasteiger charge is -2.09. The van der Waals surface area contributed by atoms with E-state index >= 15 is 0 Å². The van der Waals surface area contributed by atoms with Crippen LogP contribution in [0.4, 0.5) is 13.2 Å².